The van der Waals surface area contributed by atoms with Crippen LogP contribution in [0.4, 0.5) is 0 Å². The van der Waals surface area contributed by atoms with E-state index in [4.69, 9.17) is 18.9 Å². The fourth-order valence-electron chi connectivity index (χ4n) is 4.11. The third kappa shape index (κ3) is 4.97. The molecule has 0 amide bonds. The number of nitrogens with zero attached hydrogens (tertiary/aromatic N) is 2. The number of ether oxygens (including phenoxy) is 4. The van der Waals surface area contributed by atoms with Crippen LogP contribution in [0.25, 0.3) is 6.08 Å². The Balaban J connectivity index is 1.94. The van der Waals surface area contributed by atoms with Crippen LogP contribution >= 0.6 is 11.3 Å². The molecule has 0 radical (unpaired) electrons. The summed E-state index contributed by atoms with van der Waals surface area (Å²) in [6.07, 6.45) is 1.33. The predicted octanol–water partition coefficient (Wildman–Crippen LogP) is 2.92. The number of carbonyl (C=O) groups excluding carboxylic acids is 1. The van der Waals surface area contributed by atoms with Crippen LogP contribution < -0.4 is 29.1 Å². The SMILES string of the molecule is COc1ccc([C@H]2C(C(=O)OC(C)C)=C(C)N=c3sc(=Cc4cc(OC)c(O)c(OC)c4)c(=O)n32)cc1. The van der Waals surface area contributed by atoms with E-state index in [0.29, 0.717) is 37.5 Å². The molecule has 1 aliphatic rings. The van der Waals surface area contributed by atoms with E-state index in [1.165, 1.54) is 30.1 Å². The van der Waals surface area contributed by atoms with E-state index in [9.17, 15) is 14.7 Å². The van der Waals surface area contributed by atoms with Gasteiger partial charge in [0.15, 0.2) is 16.3 Å². The average Bonchev–Trinajstić information content (AvgIpc) is 3.17. The summed E-state index contributed by atoms with van der Waals surface area (Å²) in [6, 6.07) is 9.66. The molecular formula is C27H28N2O7S. The van der Waals surface area contributed by atoms with Crippen molar-refractivity contribution in [2.45, 2.75) is 32.9 Å². The number of hydrogen-bond acceptors (Lipinski definition) is 9. The number of phenols is 1. The fraction of sp³-hybridized carbons (Fsp3) is 0.296. The van der Waals surface area contributed by atoms with Crippen LogP contribution in [-0.2, 0) is 9.53 Å². The van der Waals surface area contributed by atoms with Crippen molar-refractivity contribution >= 4 is 23.4 Å². The summed E-state index contributed by atoms with van der Waals surface area (Å²) in [7, 11) is 4.43. The van der Waals surface area contributed by atoms with Crippen LogP contribution in [0.2, 0.25) is 0 Å². The van der Waals surface area contributed by atoms with Gasteiger partial charge in [-0.15, -0.1) is 0 Å². The monoisotopic (exact) mass is 524 g/mol. The van der Waals surface area contributed by atoms with Crippen LogP contribution in [0.15, 0.2) is 57.5 Å². The zero-order valence-corrected chi connectivity index (χ0v) is 22.2. The van der Waals surface area contributed by atoms with E-state index >= 15 is 0 Å². The van der Waals surface area contributed by atoms with Crippen molar-refractivity contribution in [3.63, 3.8) is 0 Å². The summed E-state index contributed by atoms with van der Waals surface area (Å²) >= 11 is 1.20. The number of phenolic OH excluding ortho intramolecular Hbond substituents is 1. The van der Waals surface area contributed by atoms with E-state index in [1.807, 2.05) is 12.1 Å². The molecule has 37 heavy (non-hydrogen) atoms. The van der Waals surface area contributed by atoms with Gasteiger partial charge in [-0.2, -0.15) is 0 Å². The van der Waals surface area contributed by atoms with Gasteiger partial charge in [-0.1, -0.05) is 23.5 Å². The molecule has 0 unspecified atom stereocenters. The van der Waals surface area contributed by atoms with Crippen molar-refractivity contribution in [2.75, 3.05) is 21.3 Å². The highest BCUT2D eigenvalue weighted by atomic mass is 32.1. The topological polar surface area (TPSA) is 109 Å². The molecule has 4 rings (SSSR count). The number of aromatic hydroxyl groups is 1. The van der Waals surface area contributed by atoms with Gasteiger partial charge in [0.05, 0.1) is 49.3 Å². The fourth-order valence-corrected chi connectivity index (χ4v) is 5.16. The van der Waals surface area contributed by atoms with Crippen molar-refractivity contribution < 1.29 is 28.8 Å². The van der Waals surface area contributed by atoms with Gasteiger partial charge in [0.25, 0.3) is 5.56 Å². The molecular weight excluding hydrogens is 496 g/mol. The molecule has 0 saturated carbocycles. The molecule has 1 atom stereocenters. The predicted molar refractivity (Wildman–Crippen MR) is 139 cm³/mol. The lowest BCUT2D eigenvalue weighted by molar-refractivity contribution is -0.143. The molecule has 1 aliphatic heterocycles. The molecule has 0 saturated heterocycles. The number of aromatic nitrogens is 1. The van der Waals surface area contributed by atoms with Crippen molar-refractivity contribution in [1.82, 2.24) is 4.57 Å². The molecule has 2 aromatic carbocycles. The number of thiazole rings is 1. The van der Waals surface area contributed by atoms with Crippen LogP contribution in [-0.4, -0.2) is 43.1 Å². The van der Waals surface area contributed by atoms with Crippen molar-refractivity contribution in [3.05, 3.63) is 78.5 Å². The van der Waals surface area contributed by atoms with E-state index < -0.39 is 12.0 Å². The molecule has 9 nitrogen and oxygen atoms in total. The van der Waals surface area contributed by atoms with Gasteiger partial charge >= 0.3 is 5.97 Å². The maximum absolute atomic E-state index is 13.8. The molecule has 0 spiro atoms. The highest BCUT2D eigenvalue weighted by Gasteiger charge is 2.33. The summed E-state index contributed by atoms with van der Waals surface area (Å²) in [5.74, 6) is 0.415. The van der Waals surface area contributed by atoms with Crippen molar-refractivity contribution in [3.8, 4) is 23.0 Å². The zero-order valence-electron chi connectivity index (χ0n) is 21.4. The molecule has 3 aromatic rings. The van der Waals surface area contributed by atoms with E-state index in [2.05, 4.69) is 4.99 Å². The van der Waals surface area contributed by atoms with Crippen LogP contribution in [0.3, 0.4) is 0 Å². The maximum atomic E-state index is 13.8. The van der Waals surface area contributed by atoms with Crippen LogP contribution in [0.1, 0.15) is 37.9 Å². The Hall–Kier alpha value is -4.05. The van der Waals surface area contributed by atoms with E-state index in [1.54, 1.807) is 58.2 Å². The minimum atomic E-state index is -0.737. The molecule has 0 fully saturated rings. The first-order valence-electron chi connectivity index (χ1n) is 11.5. The Morgan fingerprint density at radius 3 is 2.24 bits per heavy atom. The Labute approximate surface area is 217 Å². The number of allylic oxidation sites excluding steroid dienone is 1. The summed E-state index contributed by atoms with van der Waals surface area (Å²) < 4.78 is 23.2. The Kier molecular flexibility index (Phi) is 7.40. The minimum absolute atomic E-state index is 0.132. The standard InChI is InChI=1S/C27H28N2O7S/c1-14(2)36-26(32)22-15(3)28-27-29(23(22)17-7-9-18(33-4)10-8-17)25(31)21(37-27)13-16-11-19(34-5)24(30)20(12-16)35-6/h7-14,23,30H,1-6H3/t23-/m0/s1. The number of hydrogen-bond donors (Lipinski definition) is 1. The van der Waals surface area contributed by atoms with Gasteiger partial charge in [-0.05, 0) is 62.2 Å². The average molecular weight is 525 g/mol. The first kappa shape index (κ1) is 26.0. The van der Waals surface area contributed by atoms with Crippen molar-refractivity contribution in [2.24, 2.45) is 4.99 Å². The molecule has 0 aliphatic carbocycles. The Bertz CT molecular complexity index is 1520. The second kappa shape index (κ2) is 10.5. The molecule has 1 aromatic heterocycles. The number of benzene rings is 2. The smallest absolute Gasteiger partial charge is 0.338 e. The molecule has 1 N–H and O–H groups in total. The van der Waals surface area contributed by atoms with Gasteiger partial charge in [-0.25, -0.2) is 9.79 Å². The lowest BCUT2D eigenvalue weighted by Crippen LogP contribution is -2.40. The molecule has 10 heteroatoms. The van der Waals surface area contributed by atoms with Gasteiger partial charge < -0.3 is 24.1 Å². The first-order chi connectivity index (χ1) is 17.7. The first-order valence-corrected chi connectivity index (χ1v) is 12.3. The number of esters is 1. The molecule has 2 heterocycles. The maximum Gasteiger partial charge on any atom is 0.338 e. The Morgan fingerprint density at radius 1 is 1.08 bits per heavy atom. The second-order valence-electron chi connectivity index (χ2n) is 8.58. The largest absolute Gasteiger partial charge is 0.502 e. The van der Waals surface area contributed by atoms with Crippen LogP contribution in [0.5, 0.6) is 23.0 Å². The number of rotatable bonds is 7. The second-order valence-corrected chi connectivity index (χ2v) is 9.59. The lowest BCUT2D eigenvalue weighted by Gasteiger charge is -2.25. The van der Waals surface area contributed by atoms with Gasteiger partial charge in [-0.3, -0.25) is 9.36 Å². The van der Waals surface area contributed by atoms with Gasteiger partial charge in [0.1, 0.15) is 5.75 Å². The van der Waals surface area contributed by atoms with Gasteiger partial charge in [0.2, 0.25) is 5.75 Å². The summed E-state index contributed by atoms with van der Waals surface area (Å²) in [5, 5.41) is 10.2. The quantitative estimate of drug-likeness (QED) is 0.474. The highest BCUT2D eigenvalue weighted by molar-refractivity contribution is 7.07. The zero-order chi connectivity index (χ0) is 26.9. The number of methoxy groups -OCH3 is 3. The van der Waals surface area contributed by atoms with Crippen molar-refractivity contribution in [1.29, 1.82) is 0 Å². The minimum Gasteiger partial charge on any atom is -0.502 e. The third-order valence-electron chi connectivity index (χ3n) is 5.82. The lowest BCUT2D eigenvalue weighted by atomic mass is 9.96. The third-order valence-corrected chi connectivity index (χ3v) is 6.80. The van der Waals surface area contributed by atoms with Crippen LogP contribution in [0, 0.1) is 0 Å². The molecule has 194 valence electrons. The van der Waals surface area contributed by atoms with E-state index in [-0.39, 0.29) is 28.9 Å². The summed E-state index contributed by atoms with van der Waals surface area (Å²) in [5.41, 5.74) is 1.76. The van der Waals surface area contributed by atoms with Gasteiger partial charge in [0, 0.05) is 0 Å². The normalized spacial score (nSPS) is 15.3. The molecule has 0 bridgehead atoms. The summed E-state index contributed by atoms with van der Waals surface area (Å²) in [4.78, 5) is 32.0. The Morgan fingerprint density at radius 2 is 1.70 bits per heavy atom. The number of carbonyl (C=O) groups is 1. The van der Waals surface area contributed by atoms with E-state index in [0.717, 1.165) is 0 Å². The number of fused-ring (bicyclic) bond motifs is 1. The summed E-state index contributed by atoms with van der Waals surface area (Å²) in [6.45, 7) is 5.28. The highest BCUT2D eigenvalue weighted by Crippen LogP contribution is 2.37.